The molecule has 6 nitrogen and oxygen atoms in total. The summed E-state index contributed by atoms with van der Waals surface area (Å²) in [5.41, 5.74) is 2.78. The molecule has 114 valence electrons. The summed E-state index contributed by atoms with van der Waals surface area (Å²) < 4.78 is 18.1. The number of methoxy groups -OCH3 is 3. The number of rotatable bonds is 4. The molecule has 0 aliphatic heterocycles. The minimum absolute atomic E-state index is 0.571. The lowest BCUT2D eigenvalue weighted by atomic mass is 10.1. The van der Waals surface area contributed by atoms with Crippen molar-refractivity contribution in [2.24, 2.45) is 0 Å². The predicted octanol–water partition coefficient (Wildman–Crippen LogP) is 2.73. The molecule has 0 spiro atoms. The highest BCUT2D eigenvalue weighted by molar-refractivity contribution is 5.70. The third kappa shape index (κ3) is 2.22. The third-order valence-electron chi connectivity index (χ3n) is 3.46. The van der Waals surface area contributed by atoms with E-state index in [1.54, 1.807) is 27.5 Å². The van der Waals surface area contributed by atoms with Crippen LogP contribution in [0.5, 0.6) is 17.2 Å². The van der Waals surface area contributed by atoms with Gasteiger partial charge in [0.15, 0.2) is 11.5 Å². The second-order valence-electron chi connectivity index (χ2n) is 4.79. The zero-order chi connectivity index (χ0) is 15.7. The first-order chi connectivity index (χ1) is 10.7. The fraction of sp³-hybridized carbons (Fsp3) is 0.250. The Morgan fingerprint density at radius 3 is 2.23 bits per heavy atom. The maximum absolute atomic E-state index is 5.42. The van der Waals surface area contributed by atoms with Gasteiger partial charge in [0.05, 0.1) is 27.0 Å². The summed E-state index contributed by atoms with van der Waals surface area (Å²) in [6.45, 7) is 1.94. The van der Waals surface area contributed by atoms with Gasteiger partial charge < -0.3 is 14.2 Å². The van der Waals surface area contributed by atoms with Crippen LogP contribution in [0.2, 0.25) is 0 Å². The molecular weight excluding hydrogens is 282 g/mol. The Morgan fingerprint density at radius 2 is 1.64 bits per heavy atom. The fourth-order valence-electron chi connectivity index (χ4n) is 2.48. The van der Waals surface area contributed by atoms with Crippen LogP contribution in [0.3, 0.4) is 0 Å². The Labute approximate surface area is 128 Å². The van der Waals surface area contributed by atoms with Gasteiger partial charge in [-0.3, -0.25) is 4.40 Å². The Hall–Kier alpha value is -2.76. The highest BCUT2D eigenvalue weighted by atomic mass is 16.5. The first-order valence-corrected chi connectivity index (χ1v) is 6.79. The van der Waals surface area contributed by atoms with Crippen molar-refractivity contribution < 1.29 is 14.2 Å². The molecule has 0 atom stereocenters. The Balaban J connectivity index is 2.28. The first-order valence-electron chi connectivity index (χ1n) is 6.79. The van der Waals surface area contributed by atoms with Crippen LogP contribution in [0.1, 0.15) is 5.69 Å². The normalized spacial score (nSPS) is 10.7. The van der Waals surface area contributed by atoms with Gasteiger partial charge in [0.25, 0.3) is 0 Å². The average molecular weight is 299 g/mol. The number of hydrogen-bond acceptors (Lipinski definition) is 5. The number of nitrogens with zero attached hydrogens (tertiary/aromatic N) is 3. The molecule has 0 aliphatic rings. The molecule has 0 saturated carbocycles. The number of aromatic nitrogens is 3. The fourth-order valence-corrected chi connectivity index (χ4v) is 2.48. The van der Waals surface area contributed by atoms with Crippen molar-refractivity contribution >= 4 is 5.78 Å². The van der Waals surface area contributed by atoms with Gasteiger partial charge in [-0.2, -0.15) is 0 Å². The van der Waals surface area contributed by atoms with E-state index in [0.29, 0.717) is 23.0 Å². The van der Waals surface area contributed by atoms with Crippen molar-refractivity contribution in [2.45, 2.75) is 6.92 Å². The smallest absolute Gasteiger partial charge is 0.234 e. The molecule has 0 bridgehead atoms. The molecule has 0 unspecified atom stereocenters. The number of hydrogen-bond donors (Lipinski definition) is 0. The molecule has 3 rings (SSSR count). The first kappa shape index (κ1) is 14.2. The van der Waals surface area contributed by atoms with Crippen LogP contribution in [0, 0.1) is 6.92 Å². The summed E-state index contributed by atoms with van der Waals surface area (Å²) in [4.78, 5) is 8.65. The Bertz CT molecular complexity index is 802. The van der Waals surface area contributed by atoms with E-state index in [9.17, 15) is 0 Å². The van der Waals surface area contributed by atoms with E-state index in [4.69, 9.17) is 14.2 Å². The molecule has 22 heavy (non-hydrogen) atoms. The monoisotopic (exact) mass is 299 g/mol. The molecule has 2 aromatic heterocycles. The lowest BCUT2D eigenvalue weighted by Gasteiger charge is -2.15. The predicted molar refractivity (Wildman–Crippen MR) is 82.8 cm³/mol. The molecule has 1 aromatic carbocycles. The zero-order valence-electron chi connectivity index (χ0n) is 13.0. The second-order valence-corrected chi connectivity index (χ2v) is 4.79. The van der Waals surface area contributed by atoms with Gasteiger partial charge in [-0.05, 0) is 25.1 Å². The summed E-state index contributed by atoms with van der Waals surface area (Å²) in [6.07, 6.45) is 3.60. The van der Waals surface area contributed by atoms with E-state index in [2.05, 4.69) is 9.97 Å². The largest absolute Gasteiger partial charge is 0.493 e. The van der Waals surface area contributed by atoms with Gasteiger partial charge in [-0.25, -0.2) is 9.97 Å². The molecular formula is C16H17N3O3. The van der Waals surface area contributed by atoms with E-state index in [0.717, 1.165) is 17.0 Å². The third-order valence-corrected chi connectivity index (χ3v) is 3.46. The van der Waals surface area contributed by atoms with Crippen molar-refractivity contribution in [1.29, 1.82) is 0 Å². The molecule has 0 fully saturated rings. The summed E-state index contributed by atoms with van der Waals surface area (Å²) in [5.74, 6) is 2.45. The molecule has 0 aliphatic carbocycles. The van der Waals surface area contributed by atoms with Crippen LogP contribution in [0.25, 0.3) is 17.0 Å². The summed E-state index contributed by atoms with van der Waals surface area (Å²) in [5, 5.41) is 0. The van der Waals surface area contributed by atoms with Gasteiger partial charge in [-0.15, -0.1) is 0 Å². The standard InChI is InChI=1S/C16H17N3O3/c1-10-7-12(19-6-5-17-16(19)18-10)11-8-13(20-2)15(22-4)14(9-11)21-3/h5-9H,1-4H3. The van der Waals surface area contributed by atoms with Crippen molar-refractivity contribution in [3.8, 4) is 28.5 Å². The van der Waals surface area contributed by atoms with Gasteiger partial charge in [0, 0.05) is 23.7 Å². The minimum Gasteiger partial charge on any atom is -0.493 e. The van der Waals surface area contributed by atoms with Crippen molar-refractivity contribution in [3.05, 3.63) is 36.3 Å². The van der Waals surface area contributed by atoms with Crippen LogP contribution in [0.15, 0.2) is 30.6 Å². The molecule has 3 aromatic rings. The highest BCUT2D eigenvalue weighted by Crippen LogP contribution is 2.41. The van der Waals surface area contributed by atoms with E-state index in [-0.39, 0.29) is 0 Å². The van der Waals surface area contributed by atoms with E-state index in [1.807, 2.05) is 35.7 Å². The number of imidazole rings is 1. The van der Waals surface area contributed by atoms with Crippen molar-refractivity contribution in [3.63, 3.8) is 0 Å². The number of fused-ring (bicyclic) bond motifs is 1. The second kappa shape index (κ2) is 5.55. The van der Waals surface area contributed by atoms with E-state index >= 15 is 0 Å². The van der Waals surface area contributed by atoms with Crippen molar-refractivity contribution in [2.75, 3.05) is 21.3 Å². The highest BCUT2D eigenvalue weighted by Gasteiger charge is 2.16. The maximum Gasteiger partial charge on any atom is 0.234 e. The van der Waals surface area contributed by atoms with Crippen molar-refractivity contribution in [1.82, 2.24) is 14.4 Å². The Morgan fingerprint density at radius 1 is 0.955 bits per heavy atom. The lowest BCUT2D eigenvalue weighted by molar-refractivity contribution is 0.324. The Kier molecular flexibility index (Phi) is 3.58. The molecule has 0 radical (unpaired) electrons. The SMILES string of the molecule is COc1cc(-c2cc(C)nc3nccn23)cc(OC)c1OC. The molecule has 6 heteroatoms. The van der Waals surface area contributed by atoms with Crippen LogP contribution in [-0.4, -0.2) is 35.7 Å². The topological polar surface area (TPSA) is 57.9 Å². The number of benzene rings is 1. The lowest BCUT2D eigenvalue weighted by Crippen LogP contribution is -1.99. The van der Waals surface area contributed by atoms with Gasteiger partial charge in [0.1, 0.15) is 0 Å². The quantitative estimate of drug-likeness (QED) is 0.741. The van der Waals surface area contributed by atoms with Crippen LogP contribution < -0.4 is 14.2 Å². The summed E-state index contributed by atoms with van der Waals surface area (Å²) in [7, 11) is 4.79. The van der Waals surface area contributed by atoms with Gasteiger partial charge in [0.2, 0.25) is 11.5 Å². The van der Waals surface area contributed by atoms with Crippen LogP contribution in [-0.2, 0) is 0 Å². The average Bonchev–Trinajstić information content (AvgIpc) is 3.00. The molecule has 0 saturated heterocycles. The van der Waals surface area contributed by atoms with Crippen LogP contribution in [0.4, 0.5) is 0 Å². The van der Waals surface area contributed by atoms with E-state index < -0.39 is 0 Å². The number of ether oxygens (including phenoxy) is 3. The van der Waals surface area contributed by atoms with Crippen LogP contribution >= 0.6 is 0 Å². The molecule has 0 N–H and O–H groups in total. The summed E-state index contributed by atoms with van der Waals surface area (Å²) in [6, 6.07) is 5.82. The van der Waals surface area contributed by atoms with E-state index in [1.165, 1.54) is 0 Å². The minimum atomic E-state index is 0.571. The molecule has 0 amide bonds. The molecule has 2 heterocycles. The van der Waals surface area contributed by atoms with Gasteiger partial charge >= 0.3 is 0 Å². The zero-order valence-corrected chi connectivity index (χ0v) is 13.0. The summed E-state index contributed by atoms with van der Waals surface area (Å²) >= 11 is 0. The van der Waals surface area contributed by atoms with Gasteiger partial charge in [-0.1, -0.05) is 0 Å². The number of aryl methyl sites for hydroxylation is 1. The maximum atomic E-state index is 5.42.